The van der Waals surface area contributed by atoms with Gasteiger partial charge in [0.25, 0.3) is 11.6 Å². The highest BCUT2D eigenvalue weighted by molar-refractivity contribution is 6.32. The summed E-state index contributed by atoms with van der Waals surface area (Å²) in [6, 6.07) is 1.06. The van der Waals surface area contributed by atoms with Crippen LogP contribution in [0.2, 0.25) is 5.15 Å². The van der Waals surface area contributed by atoms with Crippen molar-refractivity contribution in [2.45, 2.75) is 12.8 Å². The number of aliphatic carboxylic acids is 1. The quantitative estimate of drug-likeness (QED) is 0.515. The molecular weight excluding hydrogens is 302 g/mol. The minimum Gasteiger partial charge on any atom is -0.481 e. The lowest BCUT2D eigenvalue weighted by molar-refractivity contribution is -0.385. The van der Waals surface area contributed by atoms with Crippen molar-refractivity contribution in [1.29, 1.82) is 0 Å². The fraction of sp³-hybridized carbons (Fsp3) is 0.417. The second-order valence-electron chi connectivity index (χ2n) is 4.72. The number of hydrogen-bond donors (Lipinski definition) is 1. The minimum atomic E-state index is -0.962. The molecule has 0 radical (unpaired) electrons. The van der Waals surface area contributed by atoms with Gasteiger partial charge < -0.3 is 10.0 Å². The Bertz CT molecular complexity index is 607. The van der Waals surface area contributed by atoms with Crippen LogP contribution in [0, 0.1) is 16.0 Å². The molecule has 1 saturated heterocycles. The number of pyridine rings is 1. The number of amides is 1. The summed E-state index contributed by atoms with van der Waals surface area (Å²) in [6.45, 7) is 0.453. The Labute approximate surface area is 124 Å². The molecule has 2 rings (SSSR count). The number of hydrogen-bond acceptors (Lipinski definition) is 5. The van der Waals surface area contributed by atoms with E-state index >= 15 is 0 Å². The number of nitro groups is 1. The Morgan fingerprint density at radius 1 is 1.52 bits per heavy atom. The molecular formula is C12H12ClN3O5. The maximum atomic E-state index is 12.3. The lowest BCUT2D eigenvalue weighted by atomic mass is 9.98. The van der Waals surface area contributed by atoms with Crippen molar-refractivity contribution in [3.05, 3.63) is 33.1 Å². The van der Waals surface area contributed by atoms with Crippen LogP contribution in [0.4, 0.5) is 5.69 Å². The predicted octanol–water partition coefficient (Wildman–Crippen LogP) is 1.58. The zero-order valence-corrected chi connectivity index (χ0v) is 11.6. The first-order chi connectivity index (χ1) is 9.90. The molecule has 0 bridgehead atoms. The number of nitrogens with zero attached hydrogens (tertiary/aromatic N) is 3. The van der Waals surface area contributed by atoms with Crippen molar-refractivity contribution in [2.24, 2.45) is 5.92 Å². The first kappa shape index (κ1) is 15.2. The molecule has 0 saturated carbocycles. The van der Waals surface area contributed by atoms with Crippen LogP contribution in [0.25, 0.3) is 0 Å². The van der Waals surface area contributed by atoms with Crippen LogP contribution in [0.3, 0.4) is 0 Å². The number of aromatic nitrogens is 1. The molecule has 8 nitrogen and oxygen atoms in total. The number of carboxylic acids is 1. The van der Waals surface area contributed by atoms with E-state index in [1.165, 1.54) is 4.90 Å². The first-order valence-electron chi connectivity index (χ1n) is 6.22. The van der Waals surface area contributed by atoms with Gasteiger partial charge in [0.2, 0.25) is 0 Å². The third-order valence-corrected chi connectivity index (χ3v) is 3.62. The normalized spacial score (nSPS) is 18.3. The van der Waals surface area contributed by atoms with Gasteiger partial charge in [-0.2, -0.15) is 0 Å². The van der Waals surface area contributed by atoms with E-state index in [9.17, 15) is 19.7 Å². The molecule has 1 atom stereocenters. The van der Waals surface area contributed by atoms with Crippen LogP contribution in [-0.4, -0.2) is 44.9 Å². The highest BCUT2D eigenvalue weighted by Gasteiger charge is 2.30. The monoisotopic (exact) mass is 313 g/mol. The molecule has 1 unspecified atom stereocenters. The molecule has 2 heterocycles. The van der Waals surface area contributed by atoms with Gasteiger partial charge in [-0.1, -0.05) is 11.6 Å². The molecule has 1 aliphatic heterocycles. The number of carboxylic acid groups (broad SMARTS) is 1. The summed E-state index contributed by atoms with van der Waals surface area (Å²) in [7, 11) is 0. The maximum absolute atomic E-state index is 12.3. The lowest BCUT2D eigenvalue weighted by Crippen LogP contribution is -2.42. The van der Waals surface area contributed by atoms with Gasteiger partial charge in [-0.05, 0) is 12.8 Å². The van der Waals surface area contributed by atoms with Gasteiger partial charge in [-0.3, -0.25) is 19.7 Å². The molecule has 1 amide bonds. The molecule has 1 N–H and O–H groups in total. The second-order valence-corrected chi connectivity index (χ2v) is 5.08. The van der Waals surface area contributed by atoms with Gasteiger partial charge in [0.05, 0.1) is 16.4 Å². The van der Waals surface area contributed by atoms with E-state index in [4.69, 9.17) is 16.7 Å². The predicted molar refractivity (Wildman–Crippen MR) is 72.2 cm³/mol. The van der Waals surface area contributed by atoms with Crippen LogP contribution in [0.15, 0.2) is 12.3 Å². The highest BCUT2D eigenvalue weighted by Crippen LogP contribution is 2.24. The number of piperidine rings is 1. The third-order valence-electron chi connectivity index (χ3n) is 3.32. The summed E-state index contributed by atoms with van der Waals surface area (Å²) in [5.74, 6) is -2.13. The first-order valence-corrected chi connectivity index (χ1v) is 6.60. The van der Waals surface area contributed by atoms with E-state index in [-0.39, 0.29) is 22.9 Å². The Morgan fingerprint density at radius 3 is 2.86 bits per heavy atom. The van der Waals surface area contributed by atoms with Gasteiger partial charge in [0, 0.05) is 19.2 Å². The highest BCUT2D eigenvalue weighted by atomic mass is 35.5. The SMILES string of the molecule is O=C(O)C1CCCN(C(=O)c2cc([N+](=O)[O-])cnc2Cl)C1. The van der Waals surface area contributed by atoms with Gasteiger partial charge >= 0.3 is 5.97 Å². The zero-order valence-electron chi connectivity index (χ0n) is 10.9. The van der Waals surface area contributed by atoms with Crippen molar-refractivity contribution >= 4 is 29.2 Å². The van der Waals surface area contributed by atoms with E-state index in [1.54, 1.807) is 0 Å². The summed E-state index contributed by atoms with van der Waals surface area (Å²) in [5, 5.41) is 19.6. The topological polar surface area (TPSA) is 114 Å². The van der Waals surface area contributed by atoms with Crippen LogP contribution in [0.5, 0.6) is 0 Å². The number of likely N-dealkylation sites (tertiary alicyclic amines) is 1. The van der Waals surface area contributed by atoms with E-state index in [0.717, 1.165) is 12.3 Å². The smallest absolute Gasteiger partial charge is 0.308 e. The molecule has 0 spiro atoms. The Hall–Kier alpha value is -2.22. The van der Waals surface area contributed by atoms with Crippen molar-refractivity contribution in [2.75, 3.05) is 13.1 Å². The zero-order chi connectivity index (χ0) is 15.6. The summed E-state index contributed by atoms with van der Waals surface area (Å²) < 4.78 is 0. The van der Waals surface area contributed by atoms with Crippen molar-refractivity contribution in [3.8, 4) is 0 Å². The van der Waals surface area contributed by atoms with E-state index in [2.05, 4.69) is 4.98 Å². The van der Waals surface area contributed by atoms with Crippen molar-refractivity contribution in [3.63, 3.8) is 0 Å². The lowest BCUT2D eigenvalue weighted by Gasteiger charge is -2.30. The summed E-state index contributed by atoms with van der Waals surface area (Å²) in [4.78, 5) is 38.4. The Kier molecular flexibility index (Phi) is 4.37. The Morgan fingerprint density at radius 2 is 2.24 bits per heavy atom. The number of carbonyl (C=O) groups excluding carboxylic acids is 1. The molecule has 1 fully saturated rings. The average Bonchev–Trinajstić information content (AvgIpc) is 2.47. The number of halogens is 1. The third kappa shape index (κ3) is 3.27. The molecule has 0 aromatic carbocycles. The van der Waals surface area contributed by atoms with E-state index in [1.807, 2.05) is 0 Å². The van der Waals surface area contributed by atoms with Crippen LogP contribution < -0.4 is 0 Å². The maximum Gasteiger partial charge on any atom is 0.308 e. The van der Waals surface area contributed by atoms with Gasteiger partial charge in [-0.15, -0.1) is 0 Å². The minimum absolute atomic E-state index is 0.0627. The Balaban J connectivity index is 2.25. The largest absolute Gasteiger partial charge is 0.481 e. The second kappa shape index (κ2) is 6.04. The fourth-order valence-corrected chi connectivity index (χ4v) is 2.40. The number of carbonyl (C=O) groups is 2. The average molecular weight is 314 g/mol. The molecule has 1 aromatic heterocycles. The summed E-state index contributed by atoms with van der Waals surface area (Å²) >= 11 is 5.82. The molecule has 21 heavy (non-hydrogen) atoms. The van der Waals surface area contributed by atoms with Gasteiger partial charge in [0.1, 0.15) is 11.3 Å². The number of rotatable bonds is 3. The molecule has 9 heteroatoms. The fourth-order valence-electron chi connectivity index (χ4n) is 2.22. The van der Waals surface area contributed by atoms with Crippen molar-refractivity contribution in [1.82, 2.24) is 9.88 Å². The standard InChI is InChI=1S/C12H12ClN3O5/c13-10-9(4-8(5-14-10)16(20)21)11(17)15-3-1-2-7(6-15)12(18)19/h4-5,7H,1-3,6H2,(H,18,19). The molecule has 1 aliphatic rings. The van der Waals surface area contributed by atoms with Crippen LogP contribution >= 0.6 is 11.6 Å². The van der Waals surface area contributed by atoms with Crippen LogP contribution in [-0.2, 0) is 4.79 Å². The van der Waals surface area contributed by atoms with E-state index < -0.39 is 22.7 Å². The van der Waals surface area contributed by atoms with Gasteiger partial charge in [-0.25, -0.2) is 4.98 Å². The molecule has 1 aromatic rings. The molecule has 112 valence electrons. The molecule has 0 aliphatic carbocycles. The van der Waals surface area contributed by atoms with Crippen molar-refractivity contribution < 1.29 is 19.6 Å². The summed E-state index contributed by atoms with van der Waals surface area (Å²) in [6.07, 6.45) is 2.03. The van der Waals surface area contributed by atoms with Gasteiger partial charge in [0.15, 0.2) is 0 Å². The van der Waals surface area contributed by atoms with E-state index in [0.29, 0.717) is 19.4 Å². The summed E-state index contributed by atoms with van der Waals surface area (Å²) in [5.41, 5.74) is -0.425. The van der Waals surface area contributed by atoms with Crippen LogP contribution in [0.1, 0.15) is 23.2 Å².